The van der Waals surface area contributed by atoms with Crippen LogP contribution in [-0.4, -0.2) is 75.6 Å². The number of rotatable bonds is 9. The summed E-state index contributed by atoms with van der Waals surface area (Å²) in [5.41, 5.74) is 10.8. The number of aromatic nitrogens is 1. The van der Waals surface area contributed by atoms with E-state index >= 15 is 0 Å². The van der Waals surface area contributed by atoms with Crippen molar-refractivity contribution in [3.63, 3.8) is 0 Å². The van der Waals surface area contributed by atoms with E-state index in [9.17, 15) is 19.5 Å². The Morgan fingerprint density at radius 2 is 2.27 bits per heavy atom. The van der Waals surface area contributed by atoms with Crippen LogP contribution < -0.4 is 16.8 Å². The maximum absolute atomic E-state index is 12.9. The first kappa shape index (κ1) is 25.1. The van der Waals surface area contributed by atoms with Gasteiger partial charge in [0.15, 0.2) is 10.8 Å². The summed E-state index contributed by atoms with van der Waals surface area (Å²) in [5.74, 6) is -2.12. The number of amides is 2. The number of nitrogens with one attached hydrogen (secondary N) is 1. The zero-order valence-corrected chi connectivity index (χ0v) is 21.0. The predicted molar refractivity (Wildman–Crippen MR) is 132 cm³/mol. The van der Waals surface area contributed by atoms with Crippen molar-refractivity contribution in [3.05, 3.63) is 31.6 Å². The van der Waals surface area contributed by atoms with Crippen molar-refractivity contribution < 1.29 is 24.3 Å². The predicted octanol–water partition coefficient (Wildman–Crippen LogP) is 0.768. The van der Waals surface area contributed by atoms with Crippen LogP contribution in [0.4, 0.5) is 5.13 Å². The third-order valence-electron chi connectivity index (χ3n) is 4.27. The highest BCUT2D eigenvalue weighted by molar-refractivity contribution is 9.11. The summed E-state index contributed by atoms with van der Waals surface area (Å²) in [6.45, 7) is 0.359. The third-order valence-corrected chi connectivity index (χ3v) is 8.22. The van der Waals surface area contributed by atoms with Gasteiger partial charge < -0.3 is 26.7 Å². The van der Waals surface area contributed by atoms with Crippen LogP contribution in [0.1, 0.15) is 5.69 Å². The number of thiazole rings is 1. The molecule has 1 aromatic heterocycles. The Balaban J connectivity index is 1.76. The number of nitrogens with zero attached hydrogens (tertiary/aromatic N) is 4. The zero-order valence-electron chi connectivity index (χ0n) is 16.9. The number of hydrogen-bond donors (Lipinski definition) is 4. The second kappa shape index (κ2) is 11.0. The molecule has 0 spiro atoms. The number of thioether (sulfide) groups is 2. The topological polar surface area (TPSA) is 186 Å². The number of fused-ring (bicyclic) bond motifs is 1. The van der Waals surface area contributed by atoms with Gasteiger partial charge in [0.1, 0.15) is 33.7 Å². The average molecular weight is 576 g/mol. The van der Waals surface area contributed by atoms with Gasteiger partial charge in [0.2, 0.25) is 0 Å². The lowest BCUT2D eigenvalue weighted by molar-refractivity contribution is -0.150. The second-order valence-electron chi connectivity index (χ2n) is 6.24. The fraction of sp³-hybridized carbons (Fsp3) is 0.294. The molecule has 12 nitrogen and oxygen atoms in total. The molecule has 16 heteroatoms. The molecule has 2 aliphatic rings. The summed E-state index contributed by atoms with van der Waals surface area (Å²) >= 11 is 6.92. The summed E-state index contributed by atoms with van der Waals surface area (Å²) in [5, 5.41) is 17.4. The summed E-state index contributed by atoms with van der Waals surface area (Å²) in [4.78, 5) is 51.9. The molecule has 2 aliphatic heterocycles. The molecule has 3 rings (SSSR count). The Labute approximate surface area is 208 Å². The molecule has 6 N–H and O–H groups in total. The number of carboxylic acid groups (broad SMARTS) is 1. The largest absolute Gasteiger partial charge is 0.477 e. The van der Waals surface area contributed by atoms with Gasteiger partial charge in [-0.15, -0.1) is 11.8 Å². The Morgan fingerprint density at radius 3 is 2.88 bits per heavy atom. The monoisotopic (exact) mass is 575 g/mol. The summed E-state index contributed by atoms with van der Waals surface area (Å²) in [6.07, 6.45) is 2.90. The maximum atomic E-state index is 12.9. The van der Waals surface area contributed by atoms with Crippen LogP contribution in [0.3, 0.4) is 0 Å². The minimum Gasteiger partial charge on any atom is -0.477 e. The van der Waals surface area contributed by atoms with E-state index in [0.29, 0.717) is 21.0 Å². The first-order chi connectivity index (χ1) is 15.8. The Kier molecular flexibility index (Phi) is 8.39. The number of nitrogen functional groups attached to an aromatic ring is 1. The van der Waals surface area contributed by atoms with Gasteiger partial charge in [-0.3, -0.25) is 19.5 Å². The quantitative estimate of drug-likeness (QED) is 0.142. The molecule has 3 heterocycles. The van der Waals surface area contributed by atoms with Gasteiger partial charge in [-0.05, 0) is 21.3 Å². The van der Waals surface area contributed by atoms with Crippen molar-refractivity contribution in [2.75, 3.05) is 25.1 Å². The van der Waals surface area contributed by atoms with Crippen LogP contribution in [0.15, 0.2) is 36.0 Å². The number of anilines is 1. The number of carbonyl (C=O) groups excluding carboxylic acids is 2. The lowest BCUT2D eigenvalue weighted by Crippen LogP contribution is -2.71. The molecule has 33 heavy (non-hydrogen) atoms. The molecular weight excluding hydrogens is 558 g/mol. The number of carbonyl (C=O) groups is 3. The summed E-state index contributed by atoms with van der Waals surface area (Å²) in [7, 11) is 1.27. The molecular formula is C17H18BrN7O5S3. The number of carboxylic acids is 1. The molecule has 0 bridgehead atoms. The molecule has 0 aromatic carbocycles. The van der Waals surface area contributed by atoms with Crippen molar-refractivity contribution in [2.45, 2.75) is 11.4 Å². The van der Waals surface area contributed by atoms with Gasteiger partial charge >= 0.3 is 5.97 Å². The highest BCUT2D eigenvalue weighted by Crippen LogP contribution is 2.43. The van der Waals surface area contributed by atoms with E-state index in [1.54, 1.807) is 11.5 Å². The van der Waals surface area contributed by atoms with Gasteiger partial charge in [-0.25, -0.2) is 9.78 Å². The Morgan fingerprint density at radius 1 is 1.52 bits per heavy atom. The summed E-state index contributed by atoms with van der Waals surface area (Å²) < 4.78 is 0.475. The van der Waals surface area contributed by atoms with E-state index < -0.39 is 29.2 Å². The van der Waals surface area contributed by atoms with E-state index in [2.05, 4.69) is 36.4 Å². The first-order valence-corrected chi connectivity index (χ1v) is 12.6. The standard InChI is InChI=1S/C17H18BrN7O5S3/c1-30-24-9(8-12(18)33-17(20)23-8)13(26)22-10-14(27)25-11(16(28)29)7(5-32-15(10)25)31-4-2-3-21-6-19/h2,4,6,10,15H,3,5H2,1H3,(H2,19,21)(H2,20,23)(H,22,26)(H,28,29)/b4-2-,24-9-/t10?,15-/m1/s1. The molecule has 1 fully saturated rings. The number of hydrogen-bond acceptors (Lipinski definition) is 11. The second-order valence-corrected chi connectivity index (χ2v) is 10.7. The smallest absolute Gasteiger partial charge is 0.353 e. The molecule has 1 aromatic rings. The van der Waals surface area contributed by atoms with Crippen LogP contribution >= 0.6 is 50.8 Å². The normalized spacial score (nSPS) is 20.8. The number of halogens is 1. The van der Waals surface area contributed by atoms with E-state index in [-0.39, 0.29) is 22.2 Å². The van der Waals surface area contributed by atoms with E-state index in [1.807, 2.05) is 0 Å². The van der Waals surface area contributed by atoms with Crippen LogP contribution in [0.2, 0.25) is 0 Å². The van der Waals surface area contributed by atoms with Crippen LogP contribution in [0.25, 0.3) is 0 Å². The molecule has 176 valence electrons. The van der Waals surface area contributed by atoms with Crippen molar-refractivity contribution in [2.24, 2.45) is 15.9 Å². The average Bonchev–Trinajstić information content (AvgIpc) is 3.12. The summed E-state index contributed by atoms with van der Waals surface area (Å²) in [6, 6.07) is -0.936. The SMILES string of the molecule is CO/N=C(\C(=O)NC1C(=O)N2C(C(=O)O)=C(S/C=C\CN=CN)CS[C@H]12)c1nc(N)sc1Br. The zero-order chi connectivity index (χ0) is 24.1. The molecule has 0 saturated carbocycles. The minimum absolute atomic E-state index is 0.105. The number of aliphatic carboxylic acids is 1. The Bertz CT molecular complexity index is 1090. The van der Waals surface area contributed by atoms with Crippen molar-refractivity contribution in [1.29, 1.82) is 0 Å². The fourth-order valence-corrected chi connectivity index (χ4v) is 6.58. The lowest BCUT2D eigenvalue weighted by Gasteiger charge is -2.49. The maximum Gasteiger partial charge on any atom is 0.353 e. The molecule has 2 amide bonds. The van der Waals surface area contributed by atoms with Crippen molar-refractivity contribution in [3.8, 4) is 0 Å². The highest BCUT2D eigenvalue weighted by Gasteiger charge is 2.54. The van der Waals surface area contributed by atoms with Gasteiger partial charge in [0.05, 0.1) is 12.9 Å². The van der Waals surface area contributed by atoms with Crippen LogP contribution in [0, 0.1) is 0 Å². The van der Waals surface area contributed by atoms with Gasteiger partial charge in [-0.2, -0.15) is 0 Å². The van der Waals surface area contributed by atoms with E-state index in [4.69, 9.17) is 16.3 Å². The van der Waals surface area contributed by atoms with Gasteiger partial charge in [-0.1, -0.05) is 34.3 Å². The van der Waals surface area contributed by atoms with Crippen LogP contribution in [-0.2, 0) is 19.2 Å². The highest BCUT2D eigenvalue weighted by atomic mass is 79.9. The van der Waals surface area contributed by atoms with Gasteiger partial charge in [0, 0.05) is 10.7 Å². The minimum atomic E-state index is -1.22. The van der Waals surface area contributed by atoms with Gasteiger partial charge in [0.25, 0.3) is 11.8 Å². The Hall–Kier alpha value is -2.56. The van der Waals surface area contributed by atoms with Crippen LogP contribution in [0.5, 0.6) is 0 Å². The van der Waals surface area contributed by atoms with Crippen molar-refractivity contribution >= 4 is 85.8 Å². The number of β-lactam (4-membered cyclic amide) rings is 1. The molecule has 0 aliphatic carbocycles. The molecule has 1 saturated heterocycles. The number of oxime groups is 1. The molecule has 2 atom stereocenters. The fourth-order valence-electron chi connectivity index (χ4n) is 2.93. The third kappa shape index (κ3) is 5.34. The van der Waals surface area contributed by atoms with E-state index in [0.717, 1.165) is 11.3 Å². The number of aliphatic imine (C=N–C) groups is 1. The molecule has 1 unspecified atom stereocenters. The molecule has 0 radical (unpaired) electrons. The lowest BCUT2D eigenvalue weighted by atomic mass is 10.0. The first-order valence-electron chi connectivity index (χ1n) is 9.07. The van der Waals surface area contributed by atoms with E-state index in [1.165, 1.54) is 41.9 Å². The number of nitrogens with two attached hydrogens (primary N) is 2. The van der Waals surface area contributed by atoms with Crippen molar-refractivity contribution in [1.82, 2.24) is 15.2 Å².